The fourth-order valence-electron chi connectivity index (χ4n) is 4.85. The first-order valence-electron chi connectivity index (χ1n) is 11.2. The van der Waals surface area contributed by atoms with Crippen molar-refractivity contribution in [2.45, 2.75) is 42.7 Å². The number of fused-ring (bicyclic) bond motifs is 3. The van der Waals surface area contributed by atoms with Gasteiger partial charge in [-0.05, 0) is 35.1 Å². The van der Waals surface area contributed by atoms with Crippen molar-refractivity contribution < 1.29 is 29.0 Å². The number of rotatable bonds is 7. The van der Waals surface area contributed by atoms with Gasteiger partial charge in [0.2, 0.25) is 5.91 Å². The molecular weight excluding hydrogens is 424 g/mol. The summed E-state index contributed by atoms with van der Waals surface area (Å²) in [7, 11) is 0. The Kier molecular flexibility index (Phi) is 5.32. The monoisotopic (exact) mass is 450 g/mol. The molecule has 1 saturated heterocycles. The van der Waals surface area contributed by atoms with E-state index in [1.807, 2.05) is 24.3 Å². The SMILES string of the molecule is O=C(CC1(NC(=O)OCC2c3ccccc3-c3ccccc32)CC1)NC1(C(=O)O)CCOC1. The van der Waals surface area contributed by atoms with Gasteiger partial charge in [-0.25, -0.2) is 9.59 Å². The molecule has 1 saturated carbocycles. The van der Waals surface area contributed by atoms with Crippen LogP contribution in [0.4, 0.5) is 4.79 Å². The van der Waals surface area contributed by atoms with Gasteiger partial charge in [-0.15, -0.1) is 0 Å². The maximum atomic E-state index is 12.6. The standard InChI is InChI=1S/C25H26N2O6/c28-21(26-25(22(29)30)11-12-32-15-25)13-24(9-10-24)27-23(31)33-14-20-18-7-3-1-5-16(18)17-6-2-4-8-19(17)20/h1-8,20H,9-15H2,(H,26,28)(H,27,31)(H,29,30). The lowest BCUT2D eigenvalue weighted by Crippen LogP contribution is -2.56. The third kappa shape index (κ3) is 4.06. The summed E-state index contributed by atoms with van der Waals surface area (Å²) >= 11 is 0. The Morgan fingerprint density at radius 1 is 0.970 bits per heavy atom. The van der Waals surface area contributed by atoms with Gasteiger partial charge in [0.05, 0.1) is 12.1 Å². The maximum absolute atomic E-state index is 12.6. The van der Waals surface area contributed by atoms with Crippen molar-refractivity contribution in [1.29, 1.82) is 0 Å². The van der Waals surface area contributed by atoms with Gasteiger partial charge in [-0.2, -0.15) is 0 Å². The molecule has 0 aromatic heterocycles. The number of carboxylic acid groups (broad SMARTS) is 1. The van der Waals surface area contributed by atoms with E-state index in [9.17, 15) is 19.5 Å². The first-order valence-corrected chi connectivity index (χ1v) is 11.2. The molecular formula is C25H26N2O6. The lowest BCUT2D eigenvalue weighted by atomic mass is 9.98. The van der Waals surface area contributed by atoms with Crippen LogP contribution in [0.1, 0.15) is 42.7 Å². The van der Waals surface area contributed by atoms with Crippen LogP contribution in [0.25, 0.3) is 11.1 Å². The zero-order valence-electron chi connectivity index (χ0n) is 18.1. The number of hydrogen-bond donors (Lipinski definition) is 3. The van der Waals surface area contributed by atoms with Crippen LogP contribution in [-0.4, -0.2) is 54.0 Å². The van der Waals surface area contributed by atoms with Gasteiger partial charge in [0.15, 0.2) is 5.54 Å². The summed E-state index contributed by atoms with van der Waals surface area (Å²) in [5, 5.41) is 14.9. The Morgan fingerprint density at radius 3 is 2.15 bits per heavy atom. The van der Waals surface area contributed by atoms with Crippen molar-refractivity contribution in [1.82, 2.24) is 10.6 Å². The molecule has 3 aliphatic rings. The van der Waals surface area contributed by atoms with Gasteiger partial charge in [0.25, 0.3) is 0 Å². The van der Waals surface area contributed by atoms with Crippen LogP contribution < -0.4 is 10.6 Å². The summed E-state index contributed by atoms with van der Waals surface area (Å²) in [6.45, 7) is 0.429. The number of hydrogen-bond acceptors (Lipinski definition) is 5. The Balaban J connectivity index is 1.19. The van der Waals surface area contributed by atoms with Gasteiger partial charge in [-0.3, -0.25) is 4.79 Å². The smallest absolute Gasteiger partial charge is 0.407 e. The minimum Gasteiger partial charge on any atom is -0.479 e. The Morgan fingerprint density at radius 2 is 1.61 bits per heavy atom. The summed E-state index contributed by atoms with van der Waals surface area (Å²) in [6.07, 6.45) is 0.939. The largest absolute Gasteiger partial charge is 0.479 e. The molecule has 8 heteroatoms. The summed E-state index contributed by atoms with van der Waals surface area (Å²) < 4.78 is 10.8. The Bertz CT molecular complexity index is 1060. The Hall–Kier alpha value is -3.39. The molecule has 8 nitrogen and oxygen atoms in total. The number of alkyl carbamates (subject to hydrolysis) is 1. The second kappa shape index (κ2) is 8.19. The van der Waals surface area contributed by atoms with Crippen molar-refractivity contribution in [2.75, 3.05) is 19.8 Å². The number of amides is 2. The molecule has 1 atom stereocenters. The quantitative estimate of drug-likeness (QED) is 0.598. The second-order valence-electron chi connectivity index (χ2n) is 9.15. The molecule has 0 radical (unpaired) electrons. The Labute approximate surface area is 191 Å². The molecule has 1 aliphatic heterocycles. The van der Waals surface area contributed by atoms with Crippen LogP contribution in [0.15, 0.2) is 48.5 Å². The lowest BCUT2D eigenvalue weighted by Gasteiger charge is -2.25. The number of nitrogens with one attached hydrogen (secondary N) is 2. The van der Waals surface area contributed by atoms with E-state index >= 15 is 0 Å². The van der Waals surface area contributed by atoms with Crippen molar-refractivity contribution in [2.24, 2.45) is 0 Å². The molecule has 2 amide bonds. The van der Waals surface area contributed by atoms with Crippen LogP contribution in [0.5, 0.6) is 0 Å². The van der Waals surface area contributed by atoms with E-state index in [0.717, 1.165) is 22.3 Å². The number of carbonyl (C=O) groups is 3. The van der Waals surface area contributed by atoms with Crippen LogP contribution in [0.2, 0.25) is 0 Å². The number of benzene rings is 2. The van der Waals surface area contributed by atoms with E-state index in [2.05, 4.69) is 34.9 Å². The first-order chi connectivity index (χ1) is 15.9. The number of carboxylic acids is 1. The molecule has 2 fully saturated rings. The predicted octanol–water partition coefficient (Wildman–Crippen LogP) is 2.81. The minimum absolute atomic E-state index is 0.00618. The average molecular weight is 450 g/mol. The van der Waals surface area contributed by atoms with Gasteiger partial charge >= 0.3 is 12.1 Å². The van der Waals surface area contributed by atoms with E-state index in [4.69, 9.17) is 9.47 Å². The lowest BCUT2D eigenvalue weighted by molar-refractivity contribution is -0.147. The molecule has 5 rings (SSSR count). The van der Waals surface area contributed by atoms with E-state index in [1.165, 1.54) is 0 Å². The highest BCUT2D eigenvalue weighted by atomic mass is 16.5. The van der Waals surface area contributed by atoms with Crippen LogP contribution in [0.3, 0.4) is 0 Å². The molecule has 33 heavy (non-hydrogen) atoms. The predicted molar refractivity (Wildman–Crippen MR) is 119 cm³/mol. The first kappa shape index (κ1) is 21.5. The summed E-state index contributed by atoms with van der Waals surface area (Å²) in [5.41, 5.74) is 2.49. The zero-order valence-corrected chi connectivity index (χ0v) is 18.1. The molecule has 0 spiro atoms. The highest BCUT2D eigenvalue weighted by molar-refractivity contribution is 5.88. The molecule has 2 aromatic carbocycles. The highest BCUT2D eigenvalue weighted by Crippen LogP contribution is 2.44. The fourth-order valence-corrected chi connectivity index (χ4v) is 4.85. The molecule has 2 aromatic rings. The molecule has 1 heterocycles. The third-order valence-electron chi connectivity index (χ3n) is 6.87. The van der Waals surface area contributed by atoms with Crippen molar-refractivity contribution in [3.63, 3.8) is 0 Å². The van der Waals surface area contributed by atoms with Gasteiger partial charge in [0, 0.05) is 25.4 Å². The maximum Gasteiger partial charge on any atom is 0.407 e. The van der Waals surface area contributed by atoms with Gasteiger partial charge in [0.1, 0.15) is 6.61 Å². The molecule has 172 valence electrons. The van der Waals surface area contributed by atoms with Crippen LogP contribution in [-0.2, 0) is 19.1 Å². The molecule has 3 N–H and O–H groups in total. The van der Waals surface area contributed by atoms with E-state index in [0.29, 0.717) is 12.8 Å². The van der Waals surface area contributed by atoms with Gasteiger partial charge < -0.3 is 25.2 Å². The summed E-state index contributed by atoms with van der Waals surface area (Å²) in [6, 6.07) is 16.2. The van der Waals surface area contributed by atoms with Crippen LogP contribution in [0, 0.1) is 0 Å². The van der Waals surface area contributed by atoms with Crippen molar-refractivity contribution in [3.8, 4) is 11.1 Å². The van der Waals surface area contributed by atoms with E-state index in [-0.39, 0.29) is 38.6 Å². The summed E-state index contributed by atoms with van der Waals surface area (Å²) in [4.78, 5) is 36.8. The normalized spacial score (nSPS) is 22.2. The van der Waals surface area contributed by atoms with Crippen LogP contribution >= 0.6 is 0 Å². The van der Waals surface area contributed by atoms with Gasteiger partial charge in [-0.1, -0.05) is 48.5 Å². The number of ether oxygens (including phenoxy) is 2. The van der Waals surface area contributed by atoms with E-state index < -0.39 is 29.0 Å². The second-order valence-corrected chi connectivity index (χ2v) is 9.15. The average Bonchev–Trinajstić information content (AvgIpc) is 3.24. The third-order valence-corrected chi connectivity index (χ3v) is 6.87. The van der Waals surface area contributed by atoms with E-state index in [1.54, 1.807) is 0 Å². The number of aliphatic carboxylic acids is 1. The zero-order chi connectivity index (χ0) is 23.1. The van der Waals surface area contributed by atoms with Crippen molar-refractivity contribution in [3.05, 3.63) is 59.7 Å². The topological polar surface area (TPSA) is 114 Å². The fraction of sp³-hybridized carbons (Fsp3) is 0.400. The highest BCUT2D eigenvalue weighted by Gasteiger charge is 2.49. The summed E-state index contributed by atoms with van der Waals surface area (Å²) in [5.74, 6) is -1.57. The molecule has 0 bridgehead atoms. The van der Waals surface area contributed by atoms with Crippen molar-refractivity contribution >= 4 is 18.0 Å². The molecule has 1 unspecified atom stereocenters. The molecule has 2 aliphatic carbocycles. The number of carbonyl (C=O) groups excluding carboxylic acids is 2. The minimum atomic E-state index is -1.39.